The Hall–Kier alpha value is -2.57. The molecule has 0 radical (unpaired) electrons. The fraction of sp³-hybridized carbons (Fsp3) is 0.381. The molecule has 0 bridgehead atoms. The van der Waals surface area contributed by atoms with Gasteiger partial charge in [-0.1, -0.05) is 24.3 Å². The van der Waals surface area contributed by atoms with Crippen molar-refractivity contribution in [3.05, 3.63) is 54.1 Å². The summed E-state index contributed by atoms with van der Waals surface area (Å²) < 4.78 is 10.7. The van der Waals surface area contributed by atoms with Crippen LogP contribution >= 0.6 is 0 Å². The van der Waals surface area contributed by atoms with Gasteiger partial charge in [0.1, 0.15) is 0 Å². The molecule has 4 rings (SSSR count). The molecule has 6 heteroatoms. The van der Waals surface area contributed by atoms with E-state index in [9.17, 15) is 9.90 Å². The summed E-state index contributed by atoms with van der Waals surface area (Å²) in [7, 11) is 0. The Morgan fingerprint density at radius 1 is 1.19 bits per heavy atom. The van der Waals surface area contributed by atoms with Crippen LogP contribution in [-0.4, -0.2) is 42.3 Å². The van der Waals surface area contributed by atoms with Gasteiger partial charge in [0.25, 0.3) is 0 Å². The molecule has 1 saturated heterocycles. The van der Waals surface area contributed by atoms with Crippen molar-refractivity contribution in [3.8, 4) is 11.5 Å². The first-order valence-corrected chi connectivity index (χ1v) is 9.35. The predicted molar refractivity (Wildman–Crippen MR) is 102 cm³/mol. The molecular formula is C21H24N2O4. The molecule has 2 N–H and O–H groups in total. The van der Waals surface area contributed by atoms with Crippen LogP contribution in [0.15, 0.2) is 48.5 Å². The number of amides is 1. The first-order chi connectivity index (χ1) is 13.2. The number of anilines is 1. The highest BCUT2D eigenvalue weighted by molar-refractivity contribution is 5.92. The smallest absolute Gasteiger partial charge is 0.231 e. The Bertz CT molecular complexity index is 796. The monoisotopic (exact) mass is 368 g/mol. The summed E-state index contributed by atoms with van der Waals surface area (Å²) >= 11 is 0. The first-order valence-electron chi connectivity index (χ1n) is 9.35. The van der Waals surface area contributed by atoms with Crippen molar-refractivity contribution in [2.24, 2.45) is 5.92 Å². The van der Waals surface area contributed by atoms with Crippen LogP contribution in [0.25, 0.3) is 0 Å². The van der Waals surface area contributed by atoms with Gasteiger partial charge in [-0.3, -0.25) is 9.69 Å². The number of hydrogen-bond acceptors (Lipinski definition) is 5. The van der Waals surface area contributed by atoms with E-state index < -0.39 is 6.10 Å². The van der Waals surface area contributed by atoms with Gasteiger partial charge in [-0.25, -0.2) is 0 Å². The number of aliphatic hydroxyl groups excluding tert-OH is 1. The number of piperidine rings is 1. The van der Waals surface area contributed by atoms with Gasteiger partial charge in [-0.05, 0) is 49.2 Å². The second kappa shape index (κ2) is 7.98. The number of nitrogens with one attached hydrogen (secondary N) is 1. The molecular weight excluding hydrogens is 344 g/mol. The Kier molecular flexibility index (Phi) is 5.27. The van der Waals surface area contributed by atoms with Crippen molar-refractivity contribution >= 4 is 11.6 Å². The van der Waals surface area contributed by atoms with Crippen molar-refractivity contribution in [3.63, 3.8) is 0 Å². The van der Waals surface area contributed by atoms with Crippen molar-refractivity contribution in [1.82, 2.24) is 4.90 Å². The summed E-state index contributed by atoms with van der Waals surface area (Å²) in [4.78, 5) is 14.7. The standard InChI is InChI=1S/C21H24N2O4/c24-18(15-8-9-19-20(11-15)27-14-26-19)13-23-10-4-5-16(12-23)21(25)22-17-6-2-1-3-7-17/h1-3,6-9,11,16,18,24H,4-5,10,12-14H2,(H,22,25)/t16-,18+/m1/s1. The fourth-order valence-electron chi connectivity index (χ4n) is 3.67. The average molecular weight is 368 g/mol. The fourth-order valence-corrected chi connectivity index (χ4v) is 3.67. The Labute approximate surface area is 158 Å². The lowest BCUT2D eigenvalue weighted by Gasteiger charge is -2.33. The van der Waals surface area contributed by atoms with Crippen molar-refractivity contribution in [2.45, 2.75) is 18.9 Å². The Morgan fingerprint density at radius 2 is 2.00 bits per heavy atom. The van der Waals surface area contributed by atoms with Gasteiger partial charge in [0, 0.05) is 18.8 Å². The number of hydrogen-bond donors (Lipinski definition) is 2. The minimum atomic E-state index is -0.629. The summed E-state index contributed by atoms with van der Waals surface area (Å²) in [6, 6.07) is 15.0. The Morgan fingerprint density at radius 3 is 2.85 bits per heavy atom. The molecule has 1 amide bonds. The maximum Gasteiger partial charge on any atom is 0.231 e. The van der Waals surface area contributed by atoms with Crippen LogP contribution in [0.5, 0.6) is 11.5 Å². The number of fused-ring (bicyclic) bond motifs is 1. The normalized spacial score (nSPS) is 20.3. The number of β-amino-alcohol motifs (C(OH)–C–C–N with tert-alkyl or cyclic N) is 1. The van der Waals surface area contributed by atoms with Gasteiger partial charge >= 0.3 is 0 Å². The van der Waals surface area contributed by atoms with Crippen LogP contribution < -0.4 is 14.8 Å². The molecule has 0 aliphatic carbocycles. The van der Waals surface area contributed by atoms with Crippen molar-refractivity contribution in [1.29, 1.82) is 0 Å². The second-order valence-corrected chi connectivity index (χ2v) is 7.08. The van der Waals surface area contributed by atoms with Crippen LogP contribution in [0.4, 0.5) is 5.69 Å². The zero-order chi connectivity index (χ0) is 18.6. The largest absolute Gasteiger partial charge is 0.454 e. The highest BCUT2D eigenvalue weighted by Crippen LogP contribution is 2.34. The third-order valence-electron chi connectivity index (χ3n) is 5.13. The zero-order valence-electron chi connectivity index (χ0n) is 15.1. The SMILES string of the molecule is O=C(Nc1ccccc1)[C@@H]1CCCN(C[C@H](O)c2ccc3c(c2)OCO3)C1. The quantitative estimate of drug-likeness (QED) is 0.849. The maximum atomic E-state index is 12.6. The number of nitrogens with zero attached hydrogens (tertiary/aromatic N) is 1. The van der Waals surface area contributed by atoms with Gasteiger partial charge < -0.3 is 19.9 Å². The van der Waals surface area contributed by atoms with Crippen LogP contribution in [0.1, 0.15) is 24.5 Å². The molecule has 0 spiro atoms. The molecule has 2 atom stereocenters. The predicted octanol–water partition coefficient (Wildman–Crippen LogP) is 2.80. The van der Waals surface area contributed by atoms with Gasteiger partial charge in [0.2, 0.25) is 12.7 Å². The second-order valence-electron chi connectivity index (χ2n) is 7.08. The molecule has 0 saturated carbocycles. The summed E-state index contributed by atoms with van der Waals surface area (Å²) in [6.07, 6.45) is 1.19. The van der Waals surface area contributed by atoms with Gasteiger partial charge in [-0.2, -0.15) is 0 Å². The molecule has 0 unspecified atom stereocenters. The maximum absolute atomic E-state index is 12.6. The van der Waals surface area contributed by atoms with Gasteiger partial charge in [0.15, 0.2) is 11.5 Å². The molecule has 6 nitrogen and oxygen atoms in total. The molecule has 27 heavy (non-hydrogen) atoms. The van der Waals surface area contributed by atoms with Gasteiger partial charge in [0.05, 0.1) is 12.0 Å². The van der Waals surface area contributed by atoms with E-state index in [-0.39, 0.29) is 18.6 Å². The molecule has 1 fully saturated rings. The molecule has 142 valence electrons. The molecule has 2 aromatic rings. The lowest BCUT2D eigenvalue weighted by atomic mass is 9.96. The molecule has 2 aliphatic rings. The van der Waals surface area contributed by atoms with Gasteiger partial charge in [-0.15, -0.1) is 0 Å². The molecule has 2 aromatic carbocycles. The third kappa shape index (κ3) is 4.23. The summed E-state index contributed by atoms with van der Waals surface area (Å²) in [5, 5.41) is 13.6. The zero-order valence-corrected chi connectivity index (χ0v) is 15.1. The van der Waals surface area contributed by atoms with Crippen LogP contribution in [0.2, 0.25) is 0 Å². The lowest BCUT2D eigenvalue weighted by molar-refractivity contribution is -0.121. The van der Waals surface area contributed by atoms with E-state index in [1.165, 1.54) is 0 Å². The minimum Gasteiger partial charge on any atom is -0.454 e. The van der Waals surface area contributed by atoms with E-state index in [2.05, 4.69) is 10.2 Å². The van der Waals surface area contributed by atoms with E-state index in [4.69, 9.17) is 9.47 Å². The first kappa shape index (κ1) is 17.8. The minimum absolute atomic E-state index is 0.0449. The number of para-hydroxylation sites is 1. The highest BCUT2D eigenvalue weighted by atomic mass is 16.7. The van der Waals surface area contributed by atoms with E-state index in [0.29, 0.717) is 24.6 Å². The van der Waals surface area contributed by atoms with E-state index in [1.807, 2.05) is 48.5 Å². The molecule has 2 heterocycles. The summed E-state index contributed by atoms with van der Waals surface area (Å²) in [6.45, 7) is 2.25. The number of likely N-dealkylation sites (tertiary alicyclic amines) is 1. The molecule has 0 aromatic heterocycles. The summed E-state index contributed by atoms with van der Waals surface area (Å²) in [5.41, 5.74) is 1.62. The van der Waals surface area contributed by atoms with E-state index in [0.717, 1.165) is 30.6 Å². The Balaban J connectivity index is 1.34. The van der Waals surface area contributed by atoms with Crippen LogP contribution in [-0.2, 0) is 4.79 Å². The third-order valence-corrected chi connectivity index (χ3v) is 5.13. The van der Waals surface area contributed by atoms with Crippen LogP contribution in [0.3, 0.4) is 0 Å². The van der Waals surface area contributed by atoms with E-state index in [1.54, 1.807) is 0 Å². The lowest BCUT2D eigenvalue weighted by Crippen LogP contribution is -2.42. The summed E-state index contributed by atoms with van der Waals surface area (Å²) in [5.74, 6) is 1.36. The van der Waals surface area contributed by atoms with Crippen molar-refractivity contribution < 1.29 is 19.4 Å². The number of benzene rings is 2. The van der Waals surface area contributed by atoms with Crippen molar-refractivity contribution in [2.75, 3.05) is 31.7 Å². The number of carbonyl (C=O) groups is 1. The number of rotatable bonds is 5. The number of carbonyl (C=O) groups excluding carboxylic acids is 1. The van der Waals surface area contributed by atoms with E-state index >= 15 is 0 Å². The number of aliphatic hydroxyl groups is 1. The van der Waals surface area contributed by atoms with Crippen LogP contribution in [0, 0.1) is 5.92 Å². The topological polar surface area (TPSA) is 71.0 Å². The number of ether oxygens (including phenoxy) is 2. The molecule has 2 aliphatic heterocycles. The average Bonchev–Trinajstić information content (AvgIpc) is 3.17. The highest BCUT2D eigenvalue weighted by Gasteiger charge is 2.27.